The van der Waals surface area contributed by atoms with Crippen LogP contribution in [-0.2, 0) is 11.3 Å². The van der Waals surface area contributed by atoms with Gasteiger partial charge < -0.3 is 20.3 Å². The van der Waals surface area contributed by atoms with E-state index < -0.39 is 0 Å². The van der Waals surface area contributed by atoms with E-state index in [1.807, 2.05) is 36.1 Å². The van der Waals surface area contributed by atoms with Crippen molar-refractivity contribution in [3.05, 3.63) is 30.1 Å². The fourth-order valence-corrected chi connectivity index (χ4v) is 3.48. The van der Waals surface area contributed by atoms with Crippen LogP contribution in [0.25, 0.3) is 11.4 Å². The molecule has 9 nitrogen and oxygen atoms in total. The van der Waals surface area contributed by atoms with Crippen LogP contribution in [0.5, 0.6) is 5.75 Å². The highest BCUT2D eigenvalue weighted by Crippen LogP contribution is 2.19. The highest BCUT2D eigenvalue weighted by Gasteiger charge is 2.15. The SMILES string of the molecule is CCNC(=NCc1nc(-c2ccc(OC)cc2)n[nH]1)NCCCN1CCCCCC1=O.I. The second-order valence-electron chi connectivity index (χ2n) is 7.50. The van der Waals surface area contributed by atoms with Crippen LogP contribution in [0.2, 0.25) is 0 Å². The number of ether oxygens (including phenoxy) is 1. The molecule has 0 bridgehead atoms. The van der Waals surface area contributed by atoms with Crippen molar-refractivity contribution < 1.29 is 9.53 Å². The van der Waals surface area contributed by atoms with Crippen molar-refractivity contribution in [3.8, 4) is 17.1 Å². The minimum atomic E-state index is 0. The van der Waals surface area contributed by atoms with E-state index in [-0.39, 0.29) is 29.9 Å². The summed E-state index contributed by atoms with van der Waals surface area (Å²) in [4.78, 5) is 23.2. The Hall–Kier alpha value is -2.37. The van der Waals surface area contributed by atoms with Gasteiger partial charge in [0.1, 0.15) is 18.1 Å². The molecule has 0 saturated carbocycles. The number of H-pyrrole nitrogens is 1. The molecule has 3 rings (SSSR count). The molecule has 1 saturated heterocycles. The molecule has 32 heavy (non-hydrogen) atoms. The van der Waals surface area contributed by atoms with E-state index >= 15 is 0 Å². The fraction of sp³-hybridized carbons (Fsp3) is 0.545. The number of nitrogens with one attached hydrogen (secondary N) is 3. The number of hydrogen-bond donors (Lipinski definition) is 3. The van der Waals surface area contributed by atoms with E-state index in [0.717, 1.165) is 69.1 Å². The van der Waals surface area contributed by atoms with Crippen LogP contribution in [0.15, 0.2) is 29.3 Å². The van der Waals surface area contributed by atoms with Gasteiger partial charge >= 0.3 is 0 Å². The Morgan fingerprint density at radius 1 is 1.22 bits per heavy atom. The number of guanidine groups is 1. The van der Waals surface area contributed by atoms with Crippen molar-refractivity contribution in [2.24, 2.45) is 4.99 Å². The third-order valence-corrected chi connectivity index (χ3v) is 5.18. The number of likely N-dealkylation sites (tertiary alicyclic amines) is 1. The molecule has 1 aromatic heterocycles. The molecule has 0 aliphatic carbocycles. The zero-order chi connectivity index (χ0) is 21.9. The lowest BCUT2D eigenvalue weighted by Gasteiger charge is -2.20. The van der Waals surface area contributed by atoms with Gasteiger partial charge in [0.2, 0.25) is 5.91 Å². The number of carbonyl (C=O) groups excluding carboxylic acids is 1. The summed E-state index contributed by atoms with van der Waals surface area (Å²) in [6, 6.07) is 7.62. The van der Waals surface area contributed by atoms with Gasteiger partial charge in [-0.1, -0.05) is 6.42 Å². The number of amides is 1. The smallest absolute Gasteiger partial charge is 0.222 e. The number of aromatic nitrogens is 3. The first-order valence-corrected chi connectivity index (χ1v) is 11.0. The Balaban J connectivity index is 0.00000363. The highest BCUT2D eigenvalue weighted by atomic mass is 127. The monoisotopic (exact) mass is 555 g/mol. The maximum absolute atomic E-state index is 12.1. The summed E-state index contributed by atoms with van der Waals surface area (Å²) >= 11 is 0. The molecule has 0 atom stereocenters. The molecular weight excluding hydrogens is 521 g/mol. The van der Waals surface area contributed by atoms with Gasteiger partial charge in [-0.2, -0.15) is 5.10 Å². The van der Waals surface area contributed by atoms with Crippen molar-refractivity contribution in [2.75, 3.05) is 33.3 Å². The summed E-state index contributed by atoms with van der Waals surface area (Å²) in [7, 11) is 1.64. The lowest BCUT2D eigenvalue weighted by atomic mass is 10.2. The fourth-order valence-electron chi connectivity index (χ4n) is 3.48. The molecule has 1 aromatic carbocycles. The average molecular weight is 555 g/mol. The Morgan fingerprint density at radius 3 is 2.78 bits per heavy atom. The minimum Gasteiger partial charge on any atom is -0.497 e. The average Bonchev–Trinajstić information content (AvgIpc) is 3.17. The van der Waals surface area contributed by atoms with Gasteiger partial charge in [-0.3, -0.25) is 9.89 Å². The van der Waals surface area contributed by atoms with E-state index in [2.05, 4.69) is 30.8 Å². The van der Waals surface area contributed by atoms with Crippen molar-refractivity contribution in [1.82, 2.24) is 30.7 Å². The molecule has 3 N–H and O–H groups in total. The summed E-state index contributed by atoms with van der Waals surface area (Å²) in [5.41, 5.74) is 0.917. The number of hydrogen-bond acceptors (Lipinski definition) is 5. The van der Waals surface area contributed by atoms with Crippen LogP contribution in [0.4, 0.5) is 0 Å². The van der Waals surface area contributed by atoms with Crippen LogP contribution in [-0.4, -0.2) is 65.2 Å². The molecular formula is C22H34IN7O2. The lowest BCUT2D eigenvalue weighted by molar-refractivity contribution is -0.130. The quantitative estimate of drug-likeness (QED) is 0.190. The first kappa shape index (κ1) is 25.9. The summed E-state index contributed by atoms with van der Waals surface area (Å²) in [6.07, 6.45) is 4.86. The number of aromatic amines is 1. The summed E-state index contributed by atoms with van der Waals surface area (Å²) in [5.74, 6) is 3.14. The molecule has 1 fully saturated rings. The van der Waals surface area contributed by atoms with Crippen LogP contribution in [0, 0.1) is 0 Å². The number of rotatable bonds is 9. The second-order valence-corrected chi connectivity index (χ2v) is 7.50. The molecule has 0 unspecified atom stereocenters. The highest BCUT2D eigenvalue weighted by molar-refractivity contribution is 14.0. The molecule has 176 valence electrons. The number of carbonyl (C=O) groups is 1. The number of aliphatic imine (C=N–C) groups is 1. The molecule has 2 heterocycles. The van der Waals surface area contributed by atoms with E-state index in [9.17, 15) is 4.79 Å². The summed E-state index contributed by atoms with van der Waals surface area (Å²) < 4.78 is 5.18. The van der Waals surface area contributed by atoms with Crippen molar-refractivity contribution in [3.63, 3.8) is 0 Å². The van der Waals surface area contributed by atoms with Crippen LogP contribution in [0.3, 0.4) is 0 Å². The van der Waals surface area contributed by atoms with Gasteiger partial charge in [0.05, 0.1) is 7.11 Å². The largest absolute Gasteiger partial charge is 0.497 e. The van der Waals surface area contributed by atoms with Gasteiger partial charge in [0, 0.05) is 38.2 Å². The minimum absolute atomic E-state index is 0. The maximum Gasteiger partial charge on any atom is 0.222 e. The predicted molar refractivity (Wildman–Crippen MR) is 136 cm³/mol. The van der Waals surface area contributed by atoms with Gasteiger partial charge in [-0.15, -0.1) is 24.0 Å². The van der Waals surface area contributed by atoms with Crippen LogP contribution < -0.4 is 15.4 Å². The second kappa shape index (κ2) is 13.9. The molecule has 2 aromatic rings. The van der Waals surface area contributed by atoms with E-state index in [4.69, 9.17) is 4.74 Å². The van der Waals surface area contributed by atoms with E-state index in [0.29, 0.717) is 24.6 Å². The number of halogens is 1. The van der Waals surface area contributed by atoms with Crippen LogP contribution >= 0.6 is 24.0 Å². The zero-order valence-electron chi connectivity index (χ0n) is 18.9. The maximum atomic E-state index is 12.1. The number of methoxy groups -OCH3 is 1. The summed E-state index contributed by atoms with van der Waals surface area (Å²) in [6.45, 7) is 5.62. The normalized spacial score (nSPS) is 14.5. The summed E-state index contributed by atoms with van der Waals surface area (Å²) in [5, 5.41) is 13.8. The Labute approximate surface area is 206 Å². The first-order chi connectivity index (χ1) is 15.2. The topological polar surface area (TPSA) is 108 Å². The molecule has 1 aliphatic rings. The van der Waals surface area contributed by atoms with Gasteiger partial charge in [-0.05, 0) is 50.5 Å². The van der Waals surface area contributed by atoms with E-state index in [1.165, 1.54) is 0 Å². The van der Waals surface area contributed by atoms with Crippen LogP contribution in [0.1, 0.15) is 44.9 Å². The molecule has 0 spiro atoms. The molecule has 10 heteroatoms. The number of nitrogens with zero attached hydrogens (tertiary/aromatic N) is 4. The Kier molecular flexibility index (Phi) is 11.3. The van der Waals surface area contributed by atoms with Crippen molar-refractivity contribution in [2.45, 2.75) is 45.6 Å². The first-order valence-electron chi connectivity index (χ1n) is 11.0. The third-order valence-electron chi connectivity index (χ3n) is 5.18. The Morgan fingerprint density at radius 2 is 2.03 bits per heavy atom. The molecule has 0 radical (unpaired) electrons. The van der Waals surface area contributed by atoms with E-state index in [1.54, 1.807) is 7.11 Å². The Bertz CT molecular complexity index is 854. The molecule has 1 aliphatic heterocycles. The number of benzene rings is 1. The predicted octanol–water partition coefficient (Wildman–Crippen LogP) is 2.95. The van der Waals surface area contributed by atoms with Gasteiger partial charge in [0.15, 0.2) is 11.8 Å². The van der Waals surface area contributed by atoms with Crippen molar-refractivity contribution in [1.29, 1.82) is 0 Å². The van der Waals surface area contributed by atoms with Crippen molar-refractivity contribution >= 4 is 35.8 Å². The standard InChI is InChI=1S/C22H33N7O2.HI/c1-3-23-22(24-13-7-15-29-14-6-4-5-8-20(29)30)25-16-19-26-21(28-27-19)17-9-11-18(31-2)12-10-17;/h9-12H,3-8,13-16H2,1-2H3,(H2,23,24,25)(H,26,27,28);1H. The lowest BCUT2D eigenvalue weighted by Crippen LogP contribution is -2.39. The third kappa shape index (κ3) is 7.95. The van der Waals surface area contributed by atoms with Gasteiger partial charge in [0.25, 0.3) is 0 Å². The van der Waals surface area contributed by atoms with Gasteiger partial charge in [-0.25, -0.2) is 9.98 Å². The zero-order valence-corrected chi connectivity index (χ0v) is 21.2. The molecule has 1 amide bonds.